The lowest BCUT2D eigenvalue weighted by molar-refractivity contribution is -0.141. The first-order valence-electron chi connectivity index (χ1n) is 37.9. The van der Waals surface area contributed by atoms with Crippen molar-refractivity contribution < 1.29 is 92.3 Å². The van der Waals surface area contributed by atoms with E-state index in [1.54, 1.807) is 83.0 Å². The second kappa shape index (κ2) is 44.1. The minimum absolute atomic E-state index is 0.00680. The number of aromatic nitrogens is 2. The van der Waals surface area contributed by atoms with E-state index >= 15 is 19.2 Å². The molecule has 1 spiro atoms. The highest BCUT2D eigenvalue weighted by Crippen LogP contribution is 2.28. The average molecular weight is 1630 g/mol. The second-order valence-electron chi connectivity index (χ2n) is 29.9. The Kier molecular flexibility index (Phi) is 35.6. The van der Waals surface area contributed by atoms with Crippen LogP contribution in [0.2, 0.25) is 5.02 Å². The van der Waals surface area contributed by atoms with Crippen LogP contribution < -0.4 is 48.3 Å². The summed E-state index contributed by atoms with van der Waals surface area (Å²) in [5, 5.41) is 63.0. The van der Waals surface area contributed by atoms with Gasteiger partial charge >= 0.3 is 23.9 Å². The van der Waals surface area contributed by atoms with Crippen LogP contribution >= 0.6 is 35.1 Å². The molecule has 112 heavy (non-hydrogen) atoms. The third kappa shape index (κ3) is 28.7. The third-order valence-electron chi connectivity index (χ3n) is 20.1. The molecule has 2 bridgehead atoms. The monoisotopic (exact) mass is 1620 g/mol. The van der Waals surface area contributed by atoms with Gasteiger partial charge in [-0.1, -0.05) is 65.6 Å². The molecule has 35 nitrogen and oxygen atoms in total. The number of thioether (sulfide) groups is 2. The van der Waals surface area contributed by atoms with E-state index in [1.165, 1.54) is 28.4 Å². The van der Waals surface area contributed by atoms with Crippen LogP contribution in [0.25, 0.3) is 10.9 Å². The zero-order valence-electron chi connectivity index (χ0n) is 64.3. The molecule has 3 aromatic rings. The summed E-state index contributed by atoms with van der Waals surface area (Å²) in [5.74, 6) is -13.0. The molecule has 0 radical (unpaired) electrons. The number of H-pyrrole nitrogens is 1. The first kappa shape index (κ1) is 90.5. The van der Waals surface area contributed by atoms with Gasteiger partial charge < -0.3 is 83.3 Å². The van der Waals surface area contributed by atoms with Crippen LogP contribution in [0.5, 0.6) is 0 Å². The van der Waals surface area contributed by atoms with Crippen LogP contribution in [0.1, 0.15) is 116 Å². The van der Waals surface area contributed by atoms with E-state index in [4.69, 9.17) is 27.1 Å². The molecule has 0 saturated carbocycles. The summed E-state index contributed by atoms with van der Waals surface area (Å²) in [6, 6.07) is 0.0282. The number of carboxylic acid groups (broad SMARTS) is 4. The number of aliphatic carboxylic acids is 4. The zero-order valence-corrected chi connectivity index (χ0v) is 66.7. The highest BCUT2D eigenvalue weighted by atomic mass is 35.5. The van der Waals surface area contributed by atoms with E-state index in [0.717, 1.165) is 16.5 Å². The van der Waals surface area contributed by atoms with Gasteiger partial charge in [-0.3, -0.25) is 91.7 Å². The van der Waals surface area contributed by atoms with Crippen LogP contribution in [0.4, 0.5) is 0 Å². The smallest absolute Gasteiger partial charge is 0.317 e. The number of hydrogen-bond donors (Lipinski definition) is 14. The highest BCUT2D eigenvalue weighted by molar-refractivity contribution is 7.98. The van der Waals surface area contributed by atoms with Crippen molar-refractivity contribution in [1.29, 1.82) is 0 Å². The largest absolute Gasteiger partial charge is 0.481 e. The number of rotatable bonds is 28. The van der Waals surface area contributed by atoms with Crippen molar-refractivity contribution in [3.8, 4) is 0 Å². The summed E-state index contributed by atoms with van der Waals surface area (Å²) < 4.78 is 5.71. The number of carboxylic acids is 4. The Morgan fingerprint density at radius 3 is 1.83 bits per heavy atom. The maximum Gasteiger partial charge on any atom is 0.317 e. The molecule has 0 unspecified atom stereocenters. The Morgan fingerprint density at radius 1 is 0.688 bits per heavy atom. The van der Waals surface area contributed by atoms with Gasteiger partial charge in [-0.25, -0.2) is 0 Å². The molecule has 15 N–H and O–H groups in total. The zero-order chi connectivity index (χ0) is 81.9. The lowest BCUT2D eigenvalue weighted by Crippen LogP contribution is -2.67. The quantitative estimate of drug-likeness (QED) is 0.0453. The number of primary amides is 1. The topological polar surface area (TPSA) is 496 Å². The predicted molar refractivity (Wildman–Crippen MR) is 416 cm³/mol. The number of ether oxygens (including phenoxy) is 1. The summed E-state index contributed by atoms with van der Waals surface area (Å²) in [6.45, 7) is 10.0. The second-order valence-corrected chi connectivity index (χ2v) is 32.4. The third-order valence-corrected chi connectivity index (χ3v) is 22.5. The van der Waals surface area contributed by atoms with Gasteiger partial charge in [0.25, 0.3) is 0 Å². The molecule has 6 heterocycles. The van der Waals surface area contributed by atoms with Gasteiger partial charge in [-0.05, 0) is 85.8 Å². The van der Waals surface area contributed by atoms with Crippen molar-refractivity contribution in [1.82, 2.24) is 77.0 Å². The lowest BCUT2D eigenvalue weighted by atomic mass is 9.87. The Bertz CT molecular complexity index is 3780. The van der Waals surface area contributed by atoms with Crippen molar-refractivity contribution in [3.63, 3.8) is 0 Å². The predicted octanol–water partition coefficient (Wildman–Crippen LogP) is -0.0472. The normalized spacial score (nSPS) is 22.4. The van der Waals surface area contributed by atoms with Crippen molar-refractivity contribution in [2.75, 3.05) is 110 Å². The van der Waals surface area contributed by atoms with Crippen LogP contribution in [-0.4, -0.2) is 302 Å². The van der Waals surface area contributed by atoms with Gasteiger partial charge in [0.1, 0.15) is 47.8 Å². The van der Waals surface area contributed by atoms with Crippen molar-refractivity contribution in [2.45, 2.75) is 171 Å². The first-order valence-corrected chi connectivity index (χ1v) is 40.6. The van der Waals surface area contributed by atoms with Gasteiger partial charge in [0, 0.05) is 149 Å². The number of carbonyl (C=O) groups excluding carboxylic acids is 10. The maximum absolute atomic E-state index is 15.2. The Morgan fingerprint density at radius 2 is 1.28 bits per heavy atom. The van der Waals surface area contributed by atoms with Gasteiger partial charge in [0.15, 0.2) is 0 Å². The van der Waals surface area contributed by atoms with E-state index < -0.39 is 169 Å². The summed E-state index contributed by atoms with van der Waals surface area (Å²) in [7, 11) is 0. The van der Waals surface area contributed by atoms with Crippen molar-refractivity contribution in [3.05, 3.63) is 64.6 Å². The molecular weight excluding hydrogens is 1520 g/mol. The van der Waals surface area contributed by atoms with Crippen LogP contribution in [0, 0.1) is 17.8 Å². The number of benzene rings is 1. The van der Waals surface area contributed by atoms with E-state index in [2.05, 4.69) is 47.5 Å². The molecule has 3 saturated heterocycles. The molecule has 4 aliphatic rings. The summed E-state index contributed by atoms with van der Waals surface area (Å²) in [6.07, 6.45) is 0.596. The van der Waals surface area contributed by atoms with Crippen LogP contribution in [0.3, 0.4) is 0 Å². The molecule has 4 aliphatic heterocycles. The summed E-state index contributed by atoms with van der Waals surface area (Å²) in [5.41, 5.74) is 6.72. The van der Waals surface area contributed by atoms with E-state index in [0.29, 0.717) is 22.8 Å². The SMILES string of the molecule is CC[C@H](C)[C@@H]1NC(=O)[C@H](CC(C)C)NC(=O)C2(CCOCC2)NC(=O)[C@@H](NC(=O)[C@@H](CC(C)C)NC(=O)[C@H](CCC(=O)O)NC(=O)[C@@H]2C[C@@H](NC(=O)CN3CCN(CC(=O)O)CCN(CC(=O)O)CCN(CC(=O)O)CC3)CN2C(=O)CCc2c[nH]c3ccc(Cl)cc23)CSCc2cccc(n2)CSC[C@@H](C(N)=O)NC1=O. The number of aryl methyl sites for hydroxylation is 1. The number of halogens is 1. The van der Waals surface area contributed by atoms with Gasteiger partial charge in [-0.15, -0.1) is 0 Å². The molecule has 9 atom stereocenters. The van der Waals surface area contributed by atoms with Crippen LogP contribution in [0.15, 0.2) is 42.6 Å². The average Bonchev–Trinajstić information content (AvgIpc) is 1.79. The van der Waals surface area contributed by atoms with E-state index in [-0.39, 0.29) is 165 Å². The Labute approximate surface area is 663 Å². The number of carbonyl (C=O) groups is 14. The fourth-order valence-corrected chi connectivity index (χ4v) is 15.9. The van der Waals surface area contributed by atoms with E-state index in [9.17, 15) is 68.4 Å². The van der Waals surface area contributed by atoms with Crippen molar-refractivity contribution >= 4 is 129 Å². The molecule has 0 aliphatic carbocycles. The van der Waals surface area contributed by atoms with Crippen LogP contribution in [-0.2, 0) is 89.8 Å². The molecule has 618 valence electrons. The molecular formula is C74H109ClN16O19S2. The Balaban J connectivity index is 1.15. The highest BCUT2D eigenvalue weighted by Gasteiger charge is 2.46. The van der Waals surface area contributed by atoms with Crippen molar-refractivity contribution in [2.24, 2.45) is 23.5 Å². The number of likely N-dealkylation sites (tertiary alicyclic amines) is 1. The molecule has 10 amide bonds. The van der Waals surface area contributed by atoms with Gasteiger partial charge in [-0.2, -0.15) is 23.5 Å². The number of nitrogens with zero attached hydrogens (tertiary/aromatic N) is 6. The number of amides is 10. The number of hydrogen-bond acceptors (Lipinski definition) is 22. The van der Waals surface area contributed by atoms with E-state index in [1.807, 2.05) is 20.8 Å². The summed E-state index contributed by atoms with van der Waals surface area (Å²) in [4.78, 5) is 210. The maximum atomic E-state index is 15.2. The molecule has 38 heteroatoms. The number of nitrogens with two attached hydrogens (primary N) is 1. The fourth-order valence-electron chi connectivity index (χ4n) is 13.8. The number of aromatic amines is 1. The van der Waals surface area contributed by atoms with Gasteiger partial charge in [0.2, 0.25) is 59.1 Å². The first-order chi connectivity index (χ1) is 53.2. The number of pyridine rings is 1. The van der Waals surface area contributed by atoms with Gasteiger partial charge in [0.05, 0.1) is 37.6 Å². The fraction of sp³-hybridized carbons (Fsp3) is 0.635. The molecule has 7 rings (SSSR count). The Hall–Kier alpha value is -8.72. The molecule has 2 aromatic heterocycles. The molecule has 1 aromatic carbocycles. The number of fused-ring (bicyclic) bond motifs is 3. The molecule has 3 fully saturated rings. The summed E-state index contributed by atoms with van der Waals surface area (Å²) >= 11 is 8.85. The number of nitrogens with one attached hydrogen (secondary N) is 9. The lowest BCUT2D eigenvalue weighted by Gasteiger charge is -2.39. The minimum atomic E-state index is -1.74. The standard InChI is InChI=1S/C74H109ClN16O19S2/c1-7-45(6)65-72(108)82-56(66(76)102)41-111-39-48-9-8-10-49(78-48)40-112-42-57(70(106)86-74(17-27-110-28-18-74)73(109)84-55(30-44(4)5)69(105)85-65)83-68(104)54(29-43(2)3)81-67(103)53(14-16-61(94)95)80-71(107)58-32-50(34-91(58)60(93)15-11-46-33-77-52-13-12-47(75)31-51(46)52)79-59(92)35-87-19-21-88(36-62(96)97)23-25-90(38-64(100)101)26-24-89(22-20-87)37-63(98)99/h8-10,12-13,31,33,43-45,50,53-58,65,77H,7,11,14-30,32,34-42H2,1-6H3,(H2,76,102)(H,79,92)(H,80,107)(H,81,103)(H,82,108)(H,83,104)(H,84,109)(H,85,105)(H,86,106)(H,94,95)(H,96,97)(H,98,99)(H,100,101)/t45-,50+,53-,54+,55-,56-,57-,58-,65-/m0/s1. The minimum Gasteiger partial charge on any atom is -0.481 e.